The van der Waals surface area contributed by atoms with E-state index >= 15 is 0 Å². The zero-order chi connectivity index (χ0) is 14.1. The van der Waals surface area contributed by atoms with Crippen molar-refractivity contribution in [2.45, 2.75) is 6.67 Å². The van der Waals surface area contributed by atoms with Crippen LogP contribution in [0.15, 0.2) is 35.4 Å². The van der Waals surface area contributed by atoms with Crippen LogP contribution in [-0.2, 0) is 6.67 Å². The molecule has 7 heteroatoms. The van der Waals surface area contributed by atoms with Crippen molar-refractivity contribution in [3.8, 4) is 17.0 Å². The summed E-state index contributed by atoms with van der Waals surface area (Å²) < 4.78 is 11.3. The van der Waals surface area contributed by atoms with Gasteiger partial charge in [-0.05, 0) is 35.8 Å². The Morgan fingerprint density at radius 2 is 2.10 bits per heavy atom. The maximum atomic E-state index is 12.1. The van der Waals surface area contributed by atoms with Gasteiger partial charge in [0.2, 0.25) is 0 Å². The molecule has 0 aliphatic heterocycles. The summed E-state index contributed by atoms with van der Waals surface area (Å²) in [4.78, 5) is 16.4. The molecule has 2 aromatic heterocycles. The molecule has 3 rings (SSSR count). The van der Waals surface area contributed by atoms with Crippen LogP contribution in [0.4, 0.5) is 0 Å². The molecule has 0 unspecified atom stereocenters. The maximum Gasteiger partial charge on any atom is 0.274 e. The summed E-state index contributed by atoms with van der Waals surface area (Å²) in [7, 11) is 1.62. The summed E-state index contributed by atoms with van der Waals surface area (Å²) in [5, 5.41) is 0. The van der Waals surface area contributed by atoms with E-state index in [0.717, 1.165) is 22.8 Å². The molecule has 2 heterocycles. The van der Waals surface area contributed by atoms with E-state index in [-0.39, 0.29) is 12.2 Å². The van der Waals surface area contributed by atoms with Crippen molar-refractivity contribution in [2.75, 3.05) is 7.11 Å². The first kappa shape index (κ1) is 12.8. The number of hydrogen-bond donors (Lipinski definition) is 1. The van der Waals surface area contributed by atoms with Crippen LogP contribution in [-0.4, -0.2) is 21.0 Å². The van der Waals surface area contributed by atoms with Crippen LogP contribution in [0.5, 0.6) is 5.75 Å². The smallest absolute Gasteiger partial charge is 0.274 e. The summed E-state index contributed by atoms with van der Waals surface area (Å²) in [6, 6.07) is 7.48. The van der Waals surface area contributed by atoms with Crippen molar-refractivity contribution in [3.05, 3.63) is 40.9 Å². The molecule has 102 valence electrons. The molecule has 20 heavy (non-hydrogen) atoms. The van der Waals surface area contributed by atoms with Gasteiger partial charge in [0.25, 0.3) is 5.56 Å². The highest BCUT2D eigenvalue weighted by Crippen LogP contribution is 2.28. The van der Waals surface area contributed by atoms with Gasteiger partial charge >= 0.3 is 0 Å². The summed E-state index contributed by atoms with van der Waals surface area (Å²) in [5.41, 5.74) is 7.53. The number of fused-ring (bicyclic) bond motifs is 1. The summed E-state index contributed by atoms with van der Waals surface area (Å²) in [5.74, 6) is 0.770. The van der Waals surface area contributed by atoms with Gasteiger partial charge in [0.15, 0.2) is 0 Å². The third-order valence-corrected chi connectivity index (χ3v) is 3.83. The average Bonchev–Trinajstić information content (AvgIpc) is 2.92. The molecule has 0 saturated heterocycles. The highest BCUT2D eigenvalue weighted by molar-refractivity contribution is 7.13. The molecule has 3 aromatic rings. The van der Waals surface area contributed by atoms with E-state index in [4.69, 9.17) is 10.5 Å². The minimum atomic E-state index is -0.158. The van der Waals surface area contributed by atoms with Crippen LogP contribution in [0.1, 0.15) is 0 Å². The van der Waals surface area contributed by atoms with E-state index in [2.05, 4.69) is 9.36 Å². The fraction of sp³-hybridized carbons (Fsp3) is 0.154. The van der Waals surface area contributed by atoms with Crippen LogP contribution >= 0.6 is 11.5 Å². The Kier molecular flexibility index (Phi) is 3.21. The molecular weight excluding hydrogens is 276 g/mol. The number of rotatable bonds is 3. The molecule has 6 nitrogen and oxygen atoms in total. The lowest BCUT2D eigenvalue weighted by atomic mass is 10.1. The molecule has 0 saturated carbocycles. The Bertz CT molecular complexity index is 807. The second-order valence-corrected chi connectivity index (χ2v) is 4.91. The monoisotopic (exact) mass is 288 g/mol. The molecule has 0 aliphatic rings. The predicted molar refractivity (Wildman–Crippen MR) is 77.9 cm³/mol. The number of ether oxygens (including phenoxy) is 1. The second-order valence-electron chi connectivity index (χ2n) is 4.14. The molecule has 0 radical (unpaired) electrons. The quantitative estimate of drug-likeness (QED) is 0.788. The van der Waals surface area contributed by atoms with Crippen LogP contribution in [0.25, 0.3) is 21.5 Å². The van der Waals surface area contributed by atoms with Crippen molar-refractivity contribution < 1.29 is 4.74 Å². The van der Waals surface area contributed by atoms with Gasteiger partial charge in [-0.25, -0.2) is 4.98 Å². The fourth-order valence-electron chi connectivity index (χ4n) is 1.92. The first-order valence-electron chi connectivity index (χ1n) is 5.94. The molecule has 0 fully saturated rings. The number of nitrogens with two attached hydrogens (primary N) is 1. The minimum absolute atomic E-state index is 0.109. The Balaban J connectivity index is 2.17. The zero-order valence-electron chi connectivity index (χ0n) is 10.7. The number of hydrogen-bond acceptors (Lipinski definition) is 6. The predicted octanol–water partition coefficient (Wildman–Crippen LogP) is 1.44. The van der Waals surface area contributed by atoms with E-state index in [9.17, 15) is 4.79 Å². The van der Waals surface area contributed by atoms with Crippen molar-refractivity contribution in [1.82, 2.24) is 13.9 Å². The van der Waals surface area contributed by atoms with Gasteiger partial charge in [0.05, 0.1) is 20.1 Å². The molecule has 0 amide bonds. The van der Waals surface area contributed by atoms with Gasteiger partial charge in [0, 0.05) is 5.56 Å². The van der Waals surface area contributed by atoms with Crippen LogP contribution in [0.3, 0.4) is 0 Å². The first-order valence-corrected chi connectivity index (χ1v) is 6.71. The molecule has 0 spiro atoms. The van der Waals surface area contributed by atoms with Gasteiger partial charge < -0.3 is 10.5 Å². The Hall–Kier alpha value is -2.25. The lowest BCUT2D eigenvalue weighted by Crippen LogP contribution is -2.23. The SMILES string of the molecule is COc1ccc(-c2nsc3c(=O)n(CN)cnc23)cc1. The van der Waals surface area contributed by atoms with Crippen LogP contribution in [0, 0.1) is 0 Å². The topological polar surface area (TPSA) is 83.0 Å². The third kappa shape index (κ3) is 1.97. The number of benzene rings is 1. The summed E-state index contributed by atoms with van der Waals surface area (Å²) in [6.45, 7) is 0.109. The van der Waals surface area contributed by atoms with Crippen molar-refractivity contribution >= 4 is 21.7 Å². The van der Waals surface area contributed by atoms with Crippen molar-refractivity contribution in [1.29, 1.82) is 0 Å². The van der Waals surface area contributed by atoms with Gasteiger partial charge in [0.1, 0.15) is 21.7 Å². The first-order chi connectivity index (χ1) is 9.74. The molecule has 0 bridgehead atoms. The lowest BCUT2D eigenvalue weighted by molar-refractivity contribution is 0.415. The molecule has 1 aromatic carbocycles. The van der Waals surface area contributed by atoms with Crippen molar-refractivity contribution in [3.63, 3.8) is 0 Å². The second kappa shape index (κ2) is 5.03. The van der Waals surface area contributed by atoms with E-state index in [1.807, 2.05) is 24.3 Å². The highest BCUT2D eigenvalue weighted by Gasteiger charge is 2.13. The summed E-state index contributed by atoms with van der Waals surface area (Å²) in [6.07, 6.45) is 1.45. The number of methoxy groups -OCH3 is 1. The largest absolute Gasteiger partial charge is 0.497 e. The normalized spacial score (nSPS) is 10.9. The minimum Gasteiger partial charge on any atom is -0.497 e. The van der Waals surface area contributed by atoms with Gasteiger partial charge in [-0.1, -0.05) is 0 Å². The molecule has 0 atom stereocenters. The molecule has 2 N–H and O–H groups in total. The van der Waals surface area contributed by atoms with E-state index < -0.39 is 0 Å². The Morgan fingerprint density at radius 3 is 2.75 bits per heavy atom. The van der Waals surface area contributed by atoms with E-state index in [1.165, 1.54) is 10.9 Å². The van der Waals surface area contributed by atoms with E-state index in [1.54, 1.807) is 7.11 Å². The third-order valence-electron chi connectivity index (χ3n) is 3.01. The highest BCUT2D eigenvalue weighted by atomic mass is 32.1. The van der Waals surface area contributed by atoms with Crippen molar-refractivity contribution in [2.24, 2.45) is 5.73 Å². The van der Waals surface area contributed by atoms with Gasteiger partial charge in [-0.15, -0.1) is 0 Å². The Labute approximate surface area is 118 Å². The standard InChI is InChI=1S/C13H12N4O2S/c1-19-9-4-2-8(3-5-9)10-11-12(20-16-10)13(18)17(6-14)7-15-11/h2-5,7H,6,14H2,1H3. The van der Waals surface area contributed by atoms with Gasteiger partial charge in [-0.3, -0.25) is 9.36 Å². The van der Waals surface area contributed by atoms with Crippen LogP contribution in [0.2, 0.25) is 0 Å². The fourth-order valence-corrected chi connectivity index (χ4v) is 2.73. The number of nitrogens with zero attached hydrogens (tertiary/aromatic N) is 3. The van der Waals surface area contributed by atoms with Crippen LogP contribution < -0.4 is 16.0 Å². The number of aromatic nitrogens is 3. The average molecular weight is 288 g/mol. The lowest BCUT2D eigenvalue weighted by Gasteiger charge is -2.02. The van der Waals surface area contributed by atoms with Gasteiger partial charge in [-0.2, -0.15) is 4.37 Å². The van der Waals surface area contributed by atoms with E-state index in [0.29, 0.717) is 15.9 Å². The molecule has 0 aliphatic carbocycles. The summed E-state index contributed by atoms with van der Waals surface area (Å²) >= 11 is 1.14. The maximum absolute atomic E-state index is 12.1. The zero-order valence-corrected chi connectivity index (χ0v) is 11.6. The molecular formula is C13H12N4O2S. The Morgan fingerprint density at radius 1 is 1.35 bits per heavy atom.